The molecule has 0 aromatic heterocycles. The summed E-state index contributed by atoms with van der Waals surface area (Å²) in [5.74, 6) is 0.0723. The molecule has 0 amide bonds. The number of piperazine rings is 1. The van der Waals surface area contributed by atoms with E-state index in [1.165, 1.54) is 28.6 Å². The molecule has 1 N–H and O–H groups in total. The molecular formula is C13H20N2O3S. The fourth-order valence-corrected chi connectivity index (χ4v) is 3.93. The van der Waals surface area contributed by atoms with Crippen molar-refractivity contribution in [3.63, 3.8) is 0 Å². The lowest BCUT2D eigenvalue weighted by Gasteiger charge is -2.38. The summed E-state index contributed by atoms with van der Waals surface area (Å²) in [4.78, 5) is 2.51. The molecule has 1 aromatic rings. The maximum Gasteiger partial charge on any atom is 0.243 e. The van der Waals surface area contributed by atoms with Gasteiger partial charge in [0.25, 0.3) is 0 Å². The Kier molecular flexibility index (Phi) is 4.13. The molecule has 106 valence electrons. The molecule has 1 heterocycles. The number of phenolic OH excluding ortho intramolecular Hbond substituents is 1. The highest BCUT2D eigenvalue weighted by molar-refractivity contribution is 7.89. The number of aromatic hydroxyl groups is 1. The molecule has 0 spiro atoms. The van der Waals surface area contributed by atoms with Crippen molar-refractivity contribution in [2.24, 2.45) is 0 Å². The van der Waals surface area contributed by atoms with Crippen LogP contribution in [0.5, 0.6) is 5.75 Å². The van der Waals surface area contributed by atoms with Crippen LogP contribution in [0.25, 0.3) is 0 Å². The van der Waals surface area contributed by atoms with Crippen molar-refractivity contribution in [3.8, 4) is 5.75 Å². The third-order valence-electron chi connectivity index (χ3n) is 3.61. The van der Waals surface area contributed by atoms with Gasteiger partial charge in [-0.2, -0.15) is 4.31 Å². The average molecular weight is 284 g/mol. The largest absolute Gasteiger partial charge is 0.508 e. The SMILES string of the molecule is CCN1CCN(S(=O)(=O)c2ccc(O)cc2)CC1C. The first-order valence-corrected chi connectivity index (χ1v) is 7.92. The van der Waals surface area contributed by atoms with Crippen LogP contribution >= 0.6 is 0 Å². The van der Waals surface area contributed by atoms with E-state index in [9.17, 15) is 13.5 Å². The second kappa shape index (κ2) is 5.48. The first-order valence-electron chi connectivity index (χ1n) is 6.48. The maximum absolute atomic E-state index is 12.5. The van der Waals surface area contributed by atoms with Crippen molar-refractivity contribution in [1.29, 1.82) is 0 Å². The zero-order chi connectivity index (χ0) is 14.0. The lowest BCUT2D eigenvalue weighted by Crippen LogP contribution is -2.53. The van der Waals surface area contributed by atoms with E-state index in [1.54, 1.807) is 0 Å². The number of sulfonamides is 1. The van der Waals surface area contributed by atoms with Crippen molar-refractivity contribution in [2.45, 2.75) is 24.8 Å². The van der Waals surface area contributed by atoms with Crippen molar-refractivity contribution >= 4 is 10.0 Å². The minimum absolute atomic E-state index is 0.0723. The van der Waals surface area contributed by atoms with Crippen LogP contribution in [0.3, 0.4) is 0 Å². The quantitative estimate of drug-likeness (QED) is 0.903. The summed E-state index contributed by atoms with van der Waals surface area (Å²) in [5.41, 5.74) is 0. The number of benzene rings is 1. The smallest absolute Gasteiger partial charge is 0.243 e. The van der Waals surface area contributed by atoms with Gasteiger partial charge >= 0.3 is 0 Å². The van der Waals surface area contributed by atoms with E-state index in [0.717, 1.165) is 13.1 Å². The molecule has 0 radical (unpaired) electrons. The molecule has 6 heteroatoms. The van der Waals surface area contributed by atoms with E-state index in [2.05, 4.69) is 11.8 Å². The summed E-state index contributed by atoms with van der Waals surface area (Å²) < 4.78 is 26.5. The zero-order valence-electron chi connectivity index (χ0n) is 11.3. The second-order valence-electron chi connectivity index (χ2n) is 4.83. The molecule has 1 atom stereocenters. The number of hydrogen-bond acceptors (Lipinski definition) is 4. The average Bonchev–Trinajstić information content (AvgIpc) is 2.39. The van der Waals surface area contributed by atoms with Crippen LogP contribution < -0.4 is 0 Å². The summed E-state index contributed by atoms with van der Waals surface area (Å²) in [7, 11) is -3.45. The van der Waals surface area contributed by atoms with Gasteiger partial charge in [0, 0.05) is 25.7 Å². The predicted octanol–water partition coefficient (Wildman–Crippen LogP) is 1.11. The molecule has 5 nitrogen and oxygen atoms in total. The van der Waals surface area contributed by atoms with Gasteiger partial charge in [-0.1, -0.05) is 6.92 Å². The van der Waals surface area contributed by atoms with E-state index in [4.69, 9.17) is 0 Å². The van der Waals surface area contributed by atoms with E-state index in [1.807, 2.05) is 6.92 Å². The van der Waals surface area contributed by atoms with E-state index in [-0.39, 0.29) is 16.7 Å². The second-order valence-corrected chi connectivity index (χ2v) is 6.77. The molecule has 1 fully saturated rings. The Bertz CT molecular complexity index is 527. The van der Waals surface area contributed by atoms with Gasteiger partial charge in [-0.05, 0) is 37.7 Å². The highest BCUT2D eigenvalue weighted by Gasteiger charge is 2.31. The van der Waals surface area contributed by atoms with Crippen LogP contribution in [0, 0.1) is 0 Å². The number of likely N-dealkylation sites (N-methyl/N-ethyl adjacent to an activating group) is 1. The highest BCUT2D eigenvalue weighted by Crippen LogP contribution is 2.21. The number of nitrogens with zero attached hydrogens (tertiary/aromatic N) is 2. The van der Waals surface area contributed by atoms with E-state index in [0.29, 0.717) is 13.1 Å². The summed E-state index contributed by atoms with van der Waals surface area (Å²) in [5, 5.41) is 9.23. The van der Waals surface area contributed by atoms with Crippen LogP contribution in [0.15, 0.2) is 29.2 Å². The molecule has 1 aliphatic heterocycles. The maximum atomic E-state index is 12.5. The number of hydrogen-bond donors (Lipinski definition) is 1. The zero-order valence-corrected chi connectivity index (χ0v) is 12.1. The van der Waals surface area contributed by atoms with Gasteiger partial charge in [0.15, 0.2) is 0 Å². The van der Waals surface area contributed by atoms with Gasteiger partial charge in [0.2, 0.25) is 10.0 Å². The van der Waals surface area contributed by atoms with Crippen molar-refractivity contribution in [3.05, 3.63) is 24.3 Å². The number of phenols is 1. The standard InChI is InChI=1S/C13H20N2O3S/c1-3-14-8-9-15(10-11(14)2)19(17,18)13-6-4-12(16)5-7-13/h4-7,11,16H,3,8-10H2,1-2H3. The Morgan fingerprint density at radius 1 is 1.26 bits per heavy atom. The molecule has 0 bridgehead atoms. The van der Waals surface area contributed by atoms with Gasteiger partial charge in [-0.15, -0.1) is 0 Å². The highest BCUT2D eigenvalue weighted by atomic mass is 32.2. The normalized spacial score (nSPS) is 22.5. The molecule has 0 saturated carbocycles. The molecule has 2 rings (SSSR count). The van der Waals surface area contributed by atoms with Crippen molar-refractivity contribution < 1.29 is 13.5 Å². The molecule has 1 unspecified atom stereocenters. The third-order valence-corrected chi connectivity index (χ3v) is 5.49. The van der Waals surface area contributed by atoms with Gasteiger partial charge in [0.05, 0.1) is 4.90 Å². The minimum atomic E-state index is -3.45. The molecule has 0 aliphatic carbocycles. The lowest BCUT2D eigenvalue weighted by atomic mass is 10.2. The lowest BCUT2D eigenvalue weighted by molar-refractivity contribution is 0.135. The van der Waals surface area contributed by atoms with Gasteiger partial charge in [-0.25, -0.2) is 8.42 Å². The van der Waals surface area contributed by atoms with E-state index < -0.39 is 10.0 Å². The van der Waals surface area contributed by atoms with Crippen LogP contribution in [0.4, 0.5) is 0 Å². The van der Waals surface area contributed by atoms with Crippen LogP contribution in [0.2, 0.25) is 0 Å². The fourth-order valence-electron chi connectivity index (χ4n) is 2.42. The number of rotatable bonds is 3. The molecule has 1 saturated heterocycles. The Morgan fingerprint density at radius 3 is 2.42 bits per heavy atom. The van der Waals surface area contributed by atoms with E-state index >= 15 is 0 Å². The van der Waals surface area contributed by atoms with Crippen LogP contribution in [0.1, 0.15) is 13.8 Å². The van der Waals surface area contributed by atoms with Crippen LogP contribution in [-0.4, -0.2) is 55.0 Å². The summed E-state index contributed by atoms with van der Waals surface area (Å²) >= 11 is 0. The Balaban J connectivity index is 2.19. The predicted molar refractivity (Wildman–Crippen MR) is 73.6 cm³/mol. The summed E-state index contributed by atoms with van der Waals surface area (Å²) in [6.07, 6.45) is 0. The van der Waals surface area contributed by atoms with Gasteiger partial charge in [-0.3, -0.25) is 4.90 Å². The Labute approximate surface area is 114 Å². The molecule has 1 aromatic carbocycles. The fraction of sp³-hybridized carbons (Fsp3) is 0.538. The van der Waals surface area contributed by atoms with Crippen LogP contribution in [-0.2, 0) is 10.0 Å². The van der Waals surface area contributed by atoms with Crippen molar-refractivity contribution in [2.75, 3.05) is 26.2 Å². The minimum Gasteiger partial charge on any atom is -0.508 e. The topological polar surface area (TPSA) is 60.9 Å². The van der Waals surface area contributed by atoms with Gasteiger partial charge in [0.1, 0.15) is 5.75 Å². The Hall–Kier alpha value is -1.11. The van der Waals surface area contributed by atoms with Gasteiger partial charge < -0.3 is 5.11 Å². The molecular weight excluding hydrogens is 264 g/mol. The summed E-state index contributed by atoms with van der Waals surface area (Å²) in [6.45, 7) is 6.85. The molecule has 19 heavy (non-hydrogen) atoms. The monoisotopic (exact) mass is 284 g/mol. The third kappa shape index (κ3) is 2.91. The first-order chi connectivity index (χ1) is 8.95. The summed E-state index contributed by atoms with van der Waals surface area (Å²) in [6, 6.07) is 5.92. The Morgan fingerprint density at radius 2 is 1.89 bits per heavy atom. The van der Waals surface area contributed by atoms with Crippen molar-refractivity contribution in [1.82, 2.24) is 9.21 Å². The molecule has 1 aliphatic rings. The first kappa shape index (κ1) is 14.3.